The van der Waals surface area contributed by atoms with E-state index >= 15 is 0 Å². The number of nitrogen functional groups attached to an aromatic ring is 1. The summed E-state index contributed by atoms with van der Waals surface area (Å²) in [4.78, 5) is 4.19. The molecule has 0 spiro atoms. The molecule has 0 aliphatic carbocycles. The van der Waals surface area contributed by atoms with E-state index in [2.05, 4.69) is 16.2 Å². The van der Waals surface area contributed by atoms with Crippen LogP contribution in [0.2, 0.25) is 0 Å². The second-order valence-corrected chi connectivity index (χ2v) is 5.58. The molecule has 1 saturated heterocycles. The van der Waals surface area contributed by atoms with Gasteiger partial charge < -0.3 is 25.4 Å². The van der Waals surface area contributed by atoms with Gasteiger partial charge in [0.2, 0.25) is 5.79 Å². The van der Waals surface area contributed by atoms with Gasteiger partial charge in [0.1, 0.15) is 23.3 Å². The van der Waals surface area contributed by atoms with Crippen LogP contribution in [0.5, 0.6) is 0 Å². The van der Waals surface area contributed by atoms with Crippen LogP contribution in [0.4, 0.5) is 5.69 Å². The number of nitrogens with zero attached hydrogens (tertiary/aromatic N) is 4. The molecule has 9 nitrogen and oxygen atoms in total. The third kappa shape index (κ3) is 1.80. The van der Waals surface area contributed by atoms with E-state index in [0.29, 0.717) is 17.0 Å². The first-order valence-electron chi connectivity index (χ1n) is 6.97. The Balaban J connectivity index is 2.28. The Morgan fingerprint density at radius 3 is 2.96 bits per heavy atom. The van der Waals surface area contributed by atoms with E-state index in [1.807, 2.05) is 0 Å². The summed E-state index contributed by atoms with van der Waals surface area (Å²) < 4.78 is 12.7. The zero-order valence-electron chi connectivity index (χ0n) is 12.7. The Labute approximate surface area is 131 Å². The fraction of sp³-hybridized carbons (Fsp3) is 0.500. The van der Waals surface area contributed by atoms with Gasteiger partial charge in [-0.15, -0.1) is 0 Å². The molecule has 4 N–H and O–H groups in total. The molecule has 0 radical (unpaired) electrons. The van der Waals surface area contributed by atoms with E-state index in [0.717, 1.165) is 0 Å². The molecule has 0 amide bonds. The number of ether oxygens (including phenoxy) is 2. The lowest BCUT2D eigenvalue weighted by molar-refractivity contribution is -0.259. The second-order valence-electron chi connectivity index (χ2n) is 5.58. The van der Waals surface area contributed by atoms with Gasteiger partial charge in [-0.3, -0.25) is 0 Å². The third-order valence-corrected chi connectivity index (χ3v) is 4.41. The van der Waals surface area contributed by atoms with Crippen molar-refractivity contribution in [3.05, 3.63) is 24.2 Å². The van der Waals surface area contributed by atoms with Crippen molar-refractivity contribution in [3.63, 3.8) is 0 Å². The van der Waals surface area contributed by atoms with Gasteiger partial charge in [0.15, 0.2) is 5.65 Å². The fourth-order valence-electron chi connectivity index (χ4n) is 3.07. The van der Waals surface area contributed by atoms with Crippen LogP contribution >= 0.6 is 0 Å². The van der Waals surface area contributed by atoms with Gasteiger partial charge in [0.25, 0.3) is 0 Å². The number of aromatic nitrogens is 3. The number of hydrogen-bond acceptors (Lipinski definition) is 8. The molecule has 1 fully saturated rings. The van der Waals surface area contributed by atoms with Crippen LogP contribution < -0.4 is 5.73 Å². The number of nitrogens with two attached hydrogens (primary N) is 1. The van der Waals surface area contributed by atoms with Crippen molar-refractivity contribution < 1.29 is 19.7 Å². The minimum atomic E-state index is -1.66. The number of rotatable bonds is 3. The summed E-state index contributed by atoms with van der Waals surface area (Å²) >= 11 is 0. The van der Waals surface area contributed by atoms with Gasteiger partial charge in [-0.05, 0) is 13.0 Å². The largest absolute Gasteiger partial charge is 0.396 e. The van der Waals surface area contributed by atoms with Gasteiger partial charge in [0, 0.05) is 7.11 Å². The van der Waals surface area contributed by atoms with Gasteiger partial charge >= 0.3 is 0 Å². The number of anilines is 1. The van der Waals surface area contributed by atoms with Crippen LogP contribution in [-0.2, 0) is 15.3 Å². The molecule has 3 rings (SSSR count). The highest BCUT2D eigenvalue weighted by molar-refractivity contribution is 5.63. The monoisotopic (exact) mass is 319 g/mol. The average molecular weight is 319 g/mol. The van der Waals surface area contributed by atoms with E-state index < -0.39 is 30.0 Å². The summed E-state index contributed by atoms with van der Waals surface area (Å²) in [6, 6.07) is 3.65. The summed E-state index contributed by atoms with van der Waals surface area (Å²) in [7, 11) is 1.35. The zero-order chi connectivity index (χ0) is 16.8. The second kappa shape index (κ2) is 5.14. The molecule has 0 unspecified atom stereocenters. The molecule has 1 aliphatic heterocycles. The number of nitriles is 1. The van der Waals surface area contributed by atoms with Crippen LogP contribution in [0, 0.1) is 16.7 Å². The van der Waals surface area contributed by atoms with Crippen LogP contribution in [0.15, 0.2) is 18.5 Å². The highest BCUT2D eigenvalue weighted by atomic mass is 16.7. The van der Waals surface area contributed by atoms with Crippen LogP contribution in [-0.4, -0.2) is 50.7 Å². The summed E-state index contributed by atoms with van der Waals surface area (Å²) in [6.07, 6.45) is 0.676. The summed E-state index contributed by atoms with van der Waals surface area (Å²) in [5.41, 5.74) is 5.47. The minimum absolute atomic E-state index is 0.307. The topological polar surface area (TPSA) is 139 Å². The molecule has 9 heteroatoms. The summed E-state index contributed by atoms with van der Waals surface area (Å²) in [6.45, 7) is 1.04. The number of methoxy groups -OCH3 is 1. The number of imidazole rings is 1. The SMILES string of the molecule is CO[C@@]1(c2cnc3c(N)ccnn23)O[C@H](CO)[C@@H](O)[C@@]1(C)C#N. The number of hydrogen-bond donors (Lipinski definition) is 3. The maximum Gasteiger partial charge on any atom is 0.235 e. The Kier molecular flexibility index (Phi) is 3.50. The van der Waals surface area contributed by atoms with Crippen molar-refractivity contribution in [1.82, 2.24) is 14.6 Å². The Bertz CT molecular complexity index is 787. The normalized spacial score (nSPS) is 33.9. The van der Waals surface area contributed by atoms with Crippen molar-refractivity contribution in [3.8, 4) is 6.07 Å². The van der Waals surface area contributed by atoms with Crippen molar-refractivity contribution in [2.24, 2.45) is 5.41 Å². The molecular weight excluding hydrogens is 302 g/mol. The Morgan fingerprint density at radius 1 is 1.61 bits per heavy atom. The molecule has 122 valence electrons. The van der Waals surface area contributed by atoms with E-state index in [1.54, 1.807) is 6.07 Å². The van der Waals surface area contributed by atoms with E-state index in [-0.39, 0.29) is 0 Å². The van der Waals surface area contributed by atoms with Gasteiger partial charge in [-0.2, -0.15) is 10.4 Å². The molecule has 0 bridgehead atoms. The van der Waals surface area contributed by atoms with Crippen molar-refractivity contribution in [2.75, 3.05) is 19.5 Å². The van der Waals surface area contributed by atoms with Crippen molar-refractivity contribution in [1.29, 1.82) is 5.26 Å². The lowest BCUT2D eigenvalue weighted by Gasteiger charge is -2.36. The lowest BCUT2D eigenvalue weighted by atomic mass is 9.77. The maximum absolute atomic E-state index is 10.4. The molecular formula is C14H17N5O4. The predicted octanol–water partition coefficient (Wildman–Crippen LogP) is -0.607. The minimum Gasteiger partial charge on any atom is -0.396 e. The first-order chi connectivity index (χ1) is 10.9. The molecule has 0 aromatic carbocycles. The molecule has 4 atom stereocenters. The molecule has 2 aromatic rings. The number of aliphatic hydroxyl groups excluding tert-OH is 2. The average Bonchev–Trinajstić information content (AvgIpc) is 3.09. The predicted molar refractivity (Wildman–Crippen MR) is 77.8 cm³/mol. The summed E-state index contributed by atoms with van der Waals surface area (Å²) in [5.74, 6) is -1.66. The molecule has 2 aromatic heterocycles. The molecule has 3 heterocycles. The first kappa shape index (κ1) is 15.6. The van der Waals surface area contributed by atoms with Crippen LogP contribution in [0.1, 0.15) is 12.6 Å². The lowest BCUT2D eigenvalue weighted by Crippen LogP contribution is -2.47. The Morgan fingerprint density at radius 2 is 2.35 bits per heavy atom. The highest BCUT2D eigenvalue weighted by Gasteiger charge is 2.66. The van der Waals surface area contributed by atoms with E-state index in [9.17, 15) is 15.5 Å². The molecule has 0 saturated carbocycles. The van der Waals surface area contributed by atoms with Crippen molar-refractivity contribution in [2.45, 2.75) is 24.9 Å². The third-order valence-electron chi connectivity index (χ3n) is 4.41. The number of fused-ring (bicyclic) bond motifs is 1. The van der Waals surface area contributed by atoms with Gasteiger partial charge in [0.05, 0.1) is 30.8 Å². The quantitative estimate of drug-likeness (QED) is 0.681. The van der Waals surface area contributed by atoms with Crippen LogP contribution in [0.3, 0.4) is 0 Å². The summed E-state index contributed by atoms with van der Waals surface area (Å²) in [5, 5.41) is 33.7. The maximum atomic E-state index is 10.4. The highest BCUT2D eigenvalue weighted by Crippen LogP contribution is 2.53. The molecule has 1 aliphatic rings. The zero-order valence-corrected chi connectivity index (χ0v) is 12.7. The van der Waals surface area contributed by atoms with Gasteiger partial charge in [-0.1, -0.05) is 0 Å². The van der Waals surface area contributed by atoms with Crippen molar-refractivity contribution >= 4 is 11.3 Å². The first-order valence-corrected chi connectivity index (χ1v) is 6.97. The Hall–Kier alpha value is -2.25. The van der Waals surface area contributed by atoms with E-state index in [1.165, 1.54) is 30.9 Å². The van der Waals surface area contributed by atoms with Gasteiger partial charge in [-0.25, -0.2) is 9.50 Å². The fourth-order valence-corrected chi connectivity index (χ4v) is 3.07. The van der Waals surface area contributed by atoms with Crippen LogP contribution in [0.25, 0.3) is 5.65 Å². The van der Waals surface area contributed by atoms with E-state index in [4.69, 9.17) is 15.2 Å². The standard InChI is InChI=1S/C14H17N5O4/c1-13(7-15)11(21)9(6-20)23-14(13,22-2)10-5-17-12-8(16)3-4-18-19(10)12/h3-5,9,11,20-21H,6,16H2,1-2H3/t9-,11-,13-,14+/m1/s1. The number of aliphatic hydroxyl groups is 2. The molecule has 23 heavy (non-hydrogen) atoms. The smallest absolute Gasteiger partial charge is 0.235 e.